The van der Waals surface area contributed by atoms with Crippen LogP contribution >= 0.6 is 15.9 Å². The molecule has 0 saturated heterocycles. The Labute approximate surface area is 122 Å². The van der Waals surface area contributed by atoms with Gasteiger partial charge in [-0.2, -0.15) is 0 Å². The van der Waals surface area contributed by atoms with Crippen molar-refractivity contribution in [2.24, 2.45) is 5.73 Å². The zero-order valence-corrected chi connectivity index (χ0v) is 12.8. The van der Waals surface area contributed by atoms with Gasteiger partial charge in [0, 0.05) is 16.6 Å². The lowest BCUT2D eigenvalue weighted by molar-refractivity contribution is 0.200. The SMILES string of the molecule is COc1cc(Br)cc(/C=C/CN)c1OC1CCCC1. The molecule has 1 aromatic carbocycles. The molecule has 0 unspecified atom stereocenters. The van der Waals surface area contributed by atoms with Gasteiger partial charge in [-0.25, -0.2) is 0 Å². The van der Waals surface area contributed by atoms with E-state index in [0.29, 0.717) is 12.6 Å². The first-order valence-corrected chi connectivity index (χ1v) is 7.44. The van der Waals surface area contributed by atoms with Crippen LogP contribution in [-0.4, -0.2) is 19.8 Å². The highest BCUT2D eigenvalue weighted by Crippen LogP contribution is 2.38. The Morgan fingerprint density at radius 1 is 1.37 bits per heavy atom. The molecule has 0 aliphatic heterocycles. The minimum atomic E-state index is 0.306. The average Bonchev–Trinajstić information content (AvgIpc) is 2.91. The van der Waals surface area contributed by atoms with E-state index in [1.165, 1.54) is 12.8 Å². The first-order valence-electron chi connectivity index (χ1n) is 6.65. The maximum Gasteiger partial charge on any atom is 0.168 e. The fraction of sp³-hybridized carbons (Fsp3) is 0.467. The number of rotatable bonds is 5. The van der Waals surface area contributed by atoms with Crippen LogP contribution < -0.4 is 15.2 Å². The van der Waals surface area contributed by atoms with Crippen molar-refractivity contribution in [1.82, 2.24) is 0 Å². The van der Waals surface area contributed by atoms with Crippen molar-refractivity contribution in [1.29, 1.82) is 0 Å². The Morgan fingerprint density at radius 3 is 2.74 bits per heavy atom. The summed E-state index contributed by atoms with van der Waals surface area (Å²) in [7, 11) is 1.67. The summed E-state index contributed by atoms with van der Waals surface area (Å²) in [5.74, 6) is 1.58. The van der Waals surface area contributed by atoms with E-state index < -0.39 is 0 Å². The summed E-state index contributed by atoms with van der Waals surface area (Å²) in [6, 6.07) is 3.96. The predicted molar refractivity (Wildman–Crippen MR) is 81.7 cm³/mol. The van der Waals surface area contributed by atoms with Crippen LogP contribution in [0.15, 0.2) is 22.7 Å². The summed E-state index contributed by atoms with van der Waals surface area (Å²) < 4.78 is 12.6. The van der Waals surface area contributed by atoms with Crippen LogP contribution in [-0.2, 0) is 0 Å². The fourth-order valence-corrected chi connectivity index (χ4v) is 2.81. The number of nitrogens with two attached hydrogens (primary N) is 1. The van der Waals surface area contributed by atoms with E-state index in [1.54, 1.807) is 7.11 Å². The first-order chi connectivity index (χ1) is 9.24. The van der Waals surface area contributed by atoms with E-state index in [4.69, 9.17) is 15.2 Å². The summed E-state index contributed by atoms with van der Waals surface area (Å²) in [5.41, 5.74) is 6.53. The third-order valence-electron chi connectivity index (χ3n) is 3.29. The number of ether oxygens (including phenoxy) is 2. The maximum atomic E-state index is 6.14. The molecule has 1 aromatic rings. The molecule has 0 spiro atoms. The van der Waals surface area contributed by atoms with E-state index >= 15 is 0 Å². The minimum Gasteiger partial charge on any atom is -0.493 e. The van der Waals surface area contributed by atoms with Crippen LogP contribution in [0.1, 0.15) is 31.2 Å². The lowest BCUT2D eigenvalue weighted by Gasteiger charge is -2.18. The normalized spacial score (nSPS) is 16.2. The number of methoxy groups -OCH3 is 1. The minimum absolute atomic E-state index is 0.306. The molecule has 4 heteroatoms. The van der Waals surface area contributed by atoms with Gasteiger partial charge in [-0.3, -0.25) is 0 Å². The largest absolute Gasteiger partial charge is 0.493 e. The molecule has 0 amide bonds. The predicted octanol–water partition coefficient (Wildman–Crippen LogP) is 3.75. The van der Waals surface area contributed by atoms with E-state index in [1.807, 2.05) is 24.3 Å². The number of hydrogen-bond donors (Lipinski definition) is 1. The quantitative estimate of drug-likeness (QED) is 0.896. The van der Waals surface area contributed by atoms with Crippen LogP contribution in [0.25, 0.3) is 6.08 Å². The van der Waals surface area contributed by atoms with Gasteiger partial charge in [0.05, 0.1) is 13.2 Å². The second-order valence-corrected chi connectivity index (χ2v) is 5.60. The van der Waals surface area contributed by atoms with Gasteiger partial charge < -0.3 is 15.2 Å². The van der Waals surface area contributed by atoms with Gasteiger partial charge in [0.15, 0.2) is 11.5 Å². The number of benzene rings is 1. The molecule has 2 rings (SSSR count). The maximum absolute atomic E-state index is 6.14. The molecule has 1 aliphatic rings. The van der Waals surface area contributed by atoms with Gasteiger partial charge in [-0.15, -0.1) is 0 Å². The van der Waals surface area contributed by atoms with Crippen molar-refractivity contribution >= 4 is 22.0 Å². The molecule has 3 nitrogen and oxygen atoms in total. The first kappa shape index (κ1) is 14.4. The van der Waals surface area contributed by atoms with Gasteiger partial charge >= 0.3 is 0 Å². The topological polar surface area (TPSA) is 44.5 Å². The van der Waals surface area contributed by atoms with E-state index in [-0.39, 0.29) is 0 Å². The van der Waals surface area contributed by atoms with Crippen LogP contribution in [0, 0.1) is 0 Å². The zero-order valence-electron chi connectivity index (χ0n) is 11.2. The molecule has 1 fully saturated rings. The summed E-state index contributed by atoms with van der Waals surface area (Å²) in [4.78, 5) is 0. The number of halogens is 1. The standard InChI is InChI=1S/C15H20BrNO2/c1-18-14-10-12(16)9-11(5-4-8-17)15(14)19-13-6-2-3-7-13/h4-5,9-10,13H,2-3,6-8,17H2,1H3/b5-4+. The van der Waals surface area contributed by atoms with Crippen molar-refractivity contribution in [2.75, 3.05) is 13.7 Å². The molecule has 19 heavy (non-hydrogen) atoms. The molecule has 0 heterocycles. The van der Waals surface area contributed by atoms with Crippen LogP contribution in [0.3, 0.4) is 0 Å². The second-order valence-electron chi connectivity index (χ2n) is 4.69. The summed E-state index contributed by atoms with van der Waals surface area (Å²) >= 11 is 3.49. The Kier molecular flexibility index (Phi) is 5.28. The summed E-state index contributed by atoms with van der Waals surface area (Å²) in [6.45, 7) is 0.512. The Bertz CT molecular complexity index is 454. The molecule has 0 radical (unpaired) electrons. The van der Waals surface area contributed by atoms with Gasteiger partial charge in [0.2, 0.25) is 0 Å². The third kappa shape index (κ3) is 3.74. The third-order valence-corrected chi connectivity index (χ3v) is 3.75. The Morgan fingerprint density at radius 2 is 2.11 bits per heavy atom. The van der Waals surface area contributed by atoms with Crippen LogP contribution in [0.4, 0.5) is 0 Å². The second kappa shape index (κ2) is 6.96. The van der Waals surface area contributed by atoms with Crippen molar-refractivity contribution in [3.63, 3.8) is 0 Å². The Hall–Kier alpha value is -1.00. The zero-order chi connectivity index (χ0) is 13.7. The van der Waals surface area contributed by atoms with Crippen LogP contribution in [0.2, 0.25) is 0 Å². The molecule has 1 saturated carbocycles. The molecule has 0 atom stereocenters. The molecule has 2 N–H and O–H groups in total. The lowest BCUT2D eigenvalue weighted by Crippen LogP contribution is -2.12. The highest BCUT2D eigenvalue weighted by molar-refractivity contribution is 9.10. The molecule has 1 aliphatic carbocycles. The molecule has 0 bridgehead atoms. The highest BCUT2D eigenvalue weighted by Gasteiger charge is 2.20. The van der Waals surface area contributed by atoms with Gasteiger partial charge in [-0.1, -0.05) is 28.1 Å². The van der Waals surface area contributed by atoms with Crippen molar-refractivity contribution in [3.8, 4) is 11.5 Å². The summed E-state index contributed by atoms with van der Waals surface area (Å²) in [5, 5.41) is 0. The Balaban J connectivity index is 2.32. The molecule has 0 aromatic heterocycles. The molecular formula is C15H20BrNO2. The van der Waals surface area contributed by atoms with Gasteiger partial charge in [-0.05, 0) is 37.8 Å². The summed E-state index contributed by atoms with van der Waals surface area (Å²) in [6.07, 6.45) is 8.95. The van der Waals surface area contributed by atoms with Crippen molar-refractivity contribution in [3.05, 3.63) is 28.2 Å². The monoisotopic (exact) mass is 325 g/mol. The van der Waals surface area contributed by atoms with Crippen LogP contribution in [0.5, 0.6) is 11.5 Å². The van der Waals surface area contributed by atoms with Gasteiger partial charge in [0.1, 0.15) is 0 Å². The van der Waals surface area contributed by atoms with Crippen molar-refractivity contribution in [2.45, 2.75) is 31.8 Å². The smallest absolute Gasteiger partial charge is 0.168 e. The molecular weight excluding hydrogens is 306 g/mol. The van der Waals surface area contributed by atoms with E-state index in [2.05, 4.69) is 15.9 Å². The lowest BCUT2D eigenvalue weighted by atomic mass is 10.1. The van der Waals surface area contributed by atoms with Gasteiger partial charge in [0.25, 0.3) is 0 Å². The average molecular weight is 326 g/mol. The van der Waals surface area contributed by atoms with Crippen molar-refractivity contribution < 1.29 is 9.47 Å². The fourth-order valence-electron chi connectivity index (χ4n) is 2.36. The van der Waals surface area contributed by atoms with E-state index in [9.17, 15) is 0 Å². The highest BCUT2D eigenvalue weighted by atomic mass is 79.9. The molecule has 104 valence electrons. The number of hydrogen-bond acceptors (Lipinski definition) is 3. The van der Waals surface area contributed by atoms with E-state index in [0.717, 1.165) is 34.4 Å².